The van der Waals surface area contributed by atoms with Crippen LogP contribution >= 0.6 is 11.3 Å². The van der Waals surface area contributed by atoms with Crippen molar-refractivity contribution in [2.75, 3.05) is 18.5 Å². The molecule has 3 aromatic heterocycles. The number of benzene rings is 1. The van der Waals surface area contributed by atoms with E-state index in [4.69, 9.17) is 0 Å². The van der Waals surface area contributed by atoms with Gasteiger partial charge in [0.2, 0.25) is 5.82 Å². The Kier molecular flexibility index (Phi) is 5.37. The first-order chi connectivity index (χ1) is 15.9. The van der Waals surface area contributed by atoms with E-state index in [1.54, 1.807) is 35.3 Å². The van der Waals surface area contributed by atoms with Crippen molar-refractivity contribution in [1.82, 2.24) is 24.7 Å². The largest absolute Gasteiger partial charge is 0.481 e. The summed E-state index contributed by atoms with van der Waals surface area (Å²) in [4.78, 5) is 26.9. The molecule has 0 unspecified atom stereocenters. The van der Waals surface area contributed by atoms with Gasteiger partial charge in [0.15, 0.2) is 10.8 Å². The standard InChI is InChI=1S/C23H21FN6O2S/c1-29(14-23(7-8-23)22(31)32)16-6-9-25-18(12-16)19-27-20(21-26-10-11-33-21)30(28-19)13-15-4-2-3-5-17(15)24/h2-6,9-12H,7-8,13-14H2,1H3,(H,31,32). The topological polar surface area (TPSA) is 97.0 Å². The summed E-state index contributed by atoms with van der Waals surface area (Å²) >= 11 is 1.43. The lowest BCUT2D eigenvalue weighted by molar-refractivity contribution is -0.142. The molecule has 8 nitrogen and oxygen atoms in total. The molecule has 1 fully saturated rings. The maximum Gasteiger partial charge on any atom is 0.311 e. The molecular weight excluding hydrogens is 443 g/mol. The van der Waals surface area contributed by atoms with Crippen molar-refractivity contribution in [2.45, 2.75) is 19.4 Å². The van der Waals surface area contributed by atoms with Crippen molar-refractivity contribution in [3.8, 4) is 22.4 Å². The van der Waals surface area contributed by atoms with Crippen LogP contribution < -0.4 is 4.90 Å². The minimum absolute atomic E-state index is 0.204. The highest BCUT2D eigenvalue weighted by Crippen LogP contribution is 2.46. The summed E-state index contributed by atoms with van der Waals surface area (Å²) in [6.07, 6.45) is 4.71. The molecule has 0 saturated heterocycles. The molecule has 5 rings (SSSR count). The Morgan fingerprint density at radius 3 is 2.76 bits per heavy atom. The van der Waals surface area contributed by atoms with E-state index in [1.165, 1.54) is 17.4 Å². The summed E-state index contributed by atoms with van der Waals surface area (Å²) in [6, 6.07) is 10.2. The zero-order valence-corrected chi connectivity index (χ0v) is 18.7. The third kappa shape index (κ3) is 4.21. The summed E-state index contributed by atoms with van der Waals surface area (Å²) in [7, 11) is 1.87. The van der Waals surface area contributed by atoms with E-state index in [9.17, 15) is 14.3 Å². The van der Waals surface area contributed by atoms with Crippen LogP contribution in [0.25, 0.3) is 22.4 Å². The second-order valence-electron chi connectivity index (χ2n) is 8.19. The maximum absolute atomic E-state index is 14.3. The second-order valence-corrected chi connectivity index (χ2v) is 9.08. The van der Waals surface area contributed by atoms with Gasteiger partial charge in [-0.2, -0.15) is 0 Å². The van der Waals surface area contributed by atoms with E-state index < -0.39 is 11.4 Å². The molecule has 0 spiro atoms. The van der Waals surface area contributed by atoms with Crippen molar-refractivity contribution < 1.29 is 14.3 Å². The van der Waals surface area contributed by atoms with E-state index in [-0.39, 0.29) is 12.4 Å². The highest BCUT2D eigenvalue weighted by Gasteiger charge is 2.51. The van der Waals surface area contributed by atoms with Gasteiger partial charge in [-0.1, -0.05) is 18.2 Å². The molecule has 1 aliphatic rings. The highest BCUT2D eigenvalue weighted by molar-refractivity contribution is 7.13. The number of pyridine rings is 1. The first-order valence-electron chi connectivity index (χ1n) is 10.4. The minimum atomic E-state index is -0.759. The Bertz CT molecular complexity index is 1300. The molecule has 10 heteroatoms. The van der Waals surface area contributed by atoms with E-state index in [0.717, 1.165) is 5.69 Å². The van der Waals surface area contributed by atoms with Crippen molar-refractivity contribution in [1.29, 1.82) is 0 Å². The monoisotopic (exact) mass is 464 g/mol. The molecule has 1 N–H and O–H groups in total. The van der Waals surface area contributed by atoms with Gasteiger partial charge < -0.3 is 10.0 Å². The van der Waals surface area contributed by atoms with Gasteiger partial charge in [0.05, 0.1) is 12.0 Å². The number of aromatic nitrogens is 5. The van der Waals surface area contributed by atoms with Crippen LogP contribution in [0.15, 0.2) is 54.2 Å². The molecule has 1 aromatic carbocycles. The molecule has 33 heavy (non-hydrogen) atoms. The Morgan fingerprint density at radius 2 is 2.06 bits per heavy atom. The van der Waals surface area contributed by atoms with Gasteiger partial charge in [-0.15, -0.1) is 16.4 Å². The number of nitrogens with zero attached hydrogens (tertiary/aromatic N) is 6. The molecule has 168 valence electrons. The zero-order chi connectivity index (χ0) is 23.0. The van der Waals surface area contributed by atoms with Crippen LogP contribution in [0.1, 0.15) is 18.4 Å². The Morgan fingerprint density at radius 1 is 1.24 bits per heavy atom. The number of aliphatic carboxylic acids is 1. The summed E-state index contributed by atoms with van der Waals surface area (Å²) in [5, 5.41) is 16.6. The summed E-state index contributed by atoms with van der Waals surface area (Å²) in [6.45, 7) is 0.626. The first kappa shape index (κ1) is 21.2. The molecule has 0 aliphatic heterocycles. The highest BCUT2D eigenvalue weighted by atomic mass is 32.1. The predicted octanol–water partition coefficient (Wildman–Crippen LogP) is 3.95. The van der Waals surface area contributed by atoms with E-state index in [0.29, 0.717) is 47.3 Å². The van der Waals surface area contributed by atoms with Crippen LogP contribution in [-0.4, -0.2) is 49.4 Å². The molecule has 0 bridgehead atoms. The third-order valence-corrected chi connectivity index (χ3v) is 6.60. The molecule has 0 radical (unpaired) electrons. The van der Waals surface area contributed by atoms with Gasteiger partial charge in [-0.3, -0.25) is 9.78 Å². The van der Waals surface area contributed by atoms with Gasteiger partial charge in [0.1, 0.15) is 11.5 Å². The fraction of sp³-hybridized carbons (Fsp3) is 0.261. The van der Waals surface area contributed by atoms with Crippen molar-refractivity contribution >= 4 is 23.0 Å². The van der Waals surface area contributed by atoms with Crippen LogP contribution in [0.5, 0.6) is 0 Å². The number of carboxylic acid groups (broad SMARTS) is 1. The average molecular weight is 465 g/mol. The summed E-state index contributed by atoms with van der Waals surface area (Å²) in [5.41, 5.74) is 1.20. The van der Waals surface area contributed by atoms with E-state index in [2.05, 4.69) is 20.1 Å². The van der Waals surface area contributed by atoms with Crippen molar-refractivity contribution in [3.63, 3.8) is 0 Å². The van der Waals surface area contributed by atoms with Gasteiger partial charge in [0, 0.05) is 42.6 Å². The number of carbonyl (C=O) groups is 1. The third-order valence-electron chi connectivity index (χ3n) is 5.83. The van der Waals surface area contributed by atoms with Crippen LogP contribution in [-0.2, 0) is 11.3 Å². The lowest BCUT2D eigenvalue weighted by Crippen LogP contribution is -2.31. The Balaban J connectivity index is 1.48. The molecular formula is C23H21FN6O2S. The molecule has 3 heterocycles. The molecule has 4 aromatic rings. The summed E-state index contributed by atoms with van der Waals surface area (Å²) in [5.74, 6) is -0.142. The summed E-state index contributed by atoms with van der Waals surface area (Å²) < 4.78 is 15.9. The van der Waals surface area contributed by atoms with Crippen LogP contribution in [0, 0.1) is 11.2 Å². The van der Waals surface area contributed by atoms with Crippen molar-refractivity contribution in [2.24, 2.45) is 5.41 Å². The number of hydrogen-bond donors (Lipinski definition) is 1. The van der Waals surface area contributed by atoms with E-state index >= 15 is 0 Å². The van der Waals surface area contributed by atoms with Crippen LogP contribution in [0.3, 0.4) is 0 Å². The normalized spacial score (nSPS) is 14.2. The molecule has 1 saturated carbocycles. The fourth-order valence-electron chi connectivity index (χ4n) is 3.76. The van der Waals surface area contributed by atoms with Crippen molar-refractivity contribution in [3.05, 3.63) is 65.6 Å². The first-order valence-corrected chi connectivity index (χ1v) is 11.3. The van der Waals surface area contributed by atoms with Gasteiger partial charge in [-0.25, -0.2) is 19.0 Å². The Labute approximate surface area is 193 Å². The lowest BCUT2D eigenvalue weighted by Gasteiger charge is -2.23. The molecule has 0 amide bonds. The SMILES string of the molecule is CN(CC1(C(=O)O)CC1)c1ccnc(-c2nc(-c3nccs3)n(Cc3ccccc3F)n2)c1. The lowest BCUT2D eigenvalue weighted by atomic mass is 10.1. The van der Waals surface area contributed by atoms with Gasteiger partial charge in [0.25, 0.3) is 0 Å². The average Bonchev–Trinajstić information content (AvgIpc) is 3.21. The van der Waals surface area contributed by atoms with Crippen LogP contribution in [0.4, 0.5) is 10.1 Å². The number of rotatable bonds is 8. The number of halogens is 1. The molecule has 0 atom stereocenters. The minimum Gasteiger partial charge on any atom is -0.481 e. The number of thiazole rings is 1. The van der Waals surface area contributed by atoms with Gasteiger partial charge >= 0.3 is 5.97 Å². The Hall–Kier alpha value is -3.66. The maximum atomic E-state index is 14.3. The molecule has 1 aliphatic carbocycles. The number of hydrogen-bond acceptors (Lipinski definition) is 7. The fourth-order valence-corrected chi connectivity index (χ4v) is 4.38. The quantitative estimate of drug-likeness (QED) is 0.422. The second kappa shape index (κ2) is 8.36. The smallest absolute Gasteiger partial charge is 0.311 e. The van der Waals surface area contributed by atoms with Gasteiger partial charge in [-0.05, 0) is 31.0 Å². The zero-order valence-electron chi connectivity index (χ0n) is 17.8. The predicted molar refractivity (Wildman–Crippen MR) is 122 cm³/mol. The number of carboxylic acids is 1. The van der Waals surface area contributed by atoms with E-state index in [1.807, 2.05) is 29.5 Å². The van der Waals surface area contributed by atoms with Crippen LogP contribution in [0.2, 0.25) is 0 Å². The number of anilines is 1.